The predicted molar refractivity (Wildman–Crippen MR) is 263 cm³/mol. The molecule has 0 saturated heterocycles. The maximum atomic E-state index is 6.39. The van der Waals surface area contributed by atoms with Gasteiger partial charge in [-0.15, -0.1) is 0 Å². The lowest BCUT2D eigenvalue weighted by Gasteiger charge is -2.14. The van der Waals surface area contributed by atoms with Gasteiger partial charge in [-0.3, -0.25) is 4.57 Å². The average molecular weight is 833 g/mol. The fourth-order valence-corrected chi connectivity index (χ4v) is 9.42. The van der Waals surface area contributed by atoms with Gasteiger partial charge in [-0.2, -0.15) is 9.97 Å². The first-order valence-corrected chi connectivity index (χ1v) is 21.7. The first-order valence-electron chi connectivity index (χ1n) is 21.7. The molecule has 7 heteroatoms. The molecule has 0 aliphatic heterocycles. The van der Waals surface area contributed by atoms with E-state index in [1.54, 1.807) is 0 Å². The van der Waals surface area contributed by atoms with Crippen LogP contribution in [-0.2, 0) is 0 Å². The van der Waals surface area contributed by atoms with E-state index in [-0.39, 0.29) is 0 Å². The van der Waals surface area contributed by atoms with Crippen LogP contribution in [-0.4, -0.2) is 29.1 Å². The largest absolute Gasteiger partial charge is 0.435 e. The van der Waals surface area contributed by atoms with Gasteiger partial charge in [-0.25, -0.2) is 9.97 Å². The number of nitrogens with zero attached hydrogens (tertiary/aromatic N) is 6. The number of benzene rings is 9. The second-order valence-electron chi connectivity index (χ2n) is 16.2. The van der Waals surface area contributed by atoms with Crippen LogP contribution in [0.2, 0.25) is 0 Å². The number of para-hydroxylation sites is 3. The van der Waals surface area contributed by atoms with Crippen molar-refractivity contribution in [2.75, 3.05) is 0 Å². The smallest absolute Gasteiger partial charge is 0.238 e. The SMILES string of the molecule is c1ccc(-c2nc(-c3ccccc3)nc(-n3c4ccccc4c4ccc5c6ccccc6n(-c6cccc(-c7ccc(-c8cccc9nc(-c%10ccccc%10)oc89)cc7)c6)c5c43)n2)cc1. The molecular weight excluding hydrogens is 797 g/mol. The van der Waals surface area contributed by atoms with E-state index in [0.29, 0.717) is 23.5 Å². The van der Waals surface area contributed by atoms with Gasteiger partial charge in [0.15, 0.2) is 17.2 Å². The lowest BCUT2D eigenvalue weighted by Crippen LogP contribution is -2.07. The first-order chi connectivity index (χ1) is 32.2. The zero-order valence-electron chi connectivity index (χ0n) is 34.9. The van der Waals surface area contributed by atoms with E-state index in [2.05, 4.69) is 149 Å². The van der Waals surface area contributed by atoms with Crippen molar-refractivity contribution in [3.05, 3.63) is 218 Å². The molecule has 4 heterocycles. The van der Waals surface area contributed by atoms with Crippen molar-refractivity contribution < 1.29 is 4.42 Å². The molecule has 0 N–H and O–H groups in total. The quantitative estimate of drug-likeness (QED) is 0.160. The zero-order chi connectivity index (χ0) is 42.8. The fraction of sp³-hybridized carbons (Fsp3) is 0. The molecule has 0 radical (unpaired) electrons. The van der Waals surface area contributed by atoms with Crippen LogP contribution in [0.5, 0.6) is 0 Å². The monoisotopic (exact) mass is 832 g/mol. The highest BCUT2D eigenvalue weighted by atomic mass is 16.3. The van der Waals surface area contributed by atoms with Gasteiger partial charge in [0.05, 0.1) is 22.1 Å². The second kappa shape index (κ2) is 14.9. The van der Waals surface area contributed by atoms with Crippen molar-refractivity contribution in [3.8, 4) is 68.1 Å². The number of oxazole rings is 1. The molecule has 0 fully saturated rings. The molecule has 65 heavy (non-hydrogen) atoms. The van der Waals surface area contributed by atoms with Gasteiger partial charge < -0.3 is 8.98 Å². The van der Waals surface area contributed by atoms with E-state index >= 15 is 0 Å². The molecule has 0 bridgehead atoms. The third kappa shape index (κ3) is 6.05. The summed E-state index contributed by atoms with van der Waals surface area (Å²) in [6.07, 6.45) is 0. The second-order valence-corrected chi connectivity index (χ2v) is 16.2. The van der Waals surface area contributed by atoms with Crippen LogP contribution in [0.25, 0.3) is 123 Å². The van der Waals surface area contributed by atoms with Crippen LogP contribution < -0.4 is 0 Å². The Morgan fingerprint density at radius 1 is 0.338 bits per heavy atom. The molecule has 0 saturated carbocycles. The predicted octanol–water partition coefficient (Wildman–Crippen LogP) is 14.5. The van der Waals surface area contributed by atoms with Gasteiger partial charge in [-0.1, -0.05) is 176 Å². The van der Waals surface area contributed by atoms with Crippen molar-refractivity contribution in [3.63, 3.8) is 0 Å². The maximum Gasteiger partial charge on any atom is 0.238 e. The Kier molecular flexibility index (Phi) is 8.39. The first kappa shape index (κ1) is 36.7. The molecule has 304 valence electrons. The normalized spacial score (nSPS) is 11.7. The molecule has 0 amide bonds. The fourth-order valence-electron chi connectivity index (χ4n) is 9.42. The van der Waals surface area contributed by atoms with Crippen molar-refractivity contribution >= 4 is 54.7 Å². The van der Waals surface area contributed by atoms with Gasteiger partial charge in [0, 0.05) is 49.5 Å². The molecule has 13 rings (SSSR count). The Morgan fingerprint density at radius 3 is 1.51 bits per heavy atom. The molecule has 0 aliphatic rings. The third-order valence-electron chi connectivity index (χ3n) is 12.4. The van der Waals surface area contributed by atoms with Gasteiger partial charge in [0.25, 0.3) is 0 Å². The summed E-state index contributed by atoms with van der Waals surface area (Å²) in [5.41, 5.74) is 14.0. The standard InChI is InChI=1S/C58H36N6O/c1-4-16-39(17-5-1)55-60-56(40-18-6-2-7-19-40)62-58(61-55)64-51-29-13-11-25-46(51)48-35-34-47-45-24-10-12-28-50(45)63(52(47)53(48)64)43-23-14-22-42(36-43)37-30-32-38(33-31-37)44-26-15-27-49-54(44)65-57(59-49)41-20-8-3-9-21-41/h1-36H. The maximum absolute atomic E-state index is 6.39. The summed E-state index contributed by atoms with van der Waals surface area (Å²) in [4.78, 5) is 20.4. The molecule has 13 aromatic rings. The Bertz CT molecular complexity index is 3870. The minimum atomic E-state index is 0.555. The molecule has 0 spiro atoms. The Hall–Kier alpha value is -8.94. The average Bonchev–Trinajstić information content (AvgIpc) is 4.08. The summed E-state index contributed by atoms with van der Waals surface area (Å²) >= 11 is 0. The van der Waals surface area contributed by atoms with Gasteiger partial charge in [-0.05, 0) is 59.2 Å². The van der Waals surface area contributed by atoms with Crippen LogP contribution in [0.3, 0.4) is 0 Å². The summed E-state index contributed by atoms with van der Waals surface area (Å²) in [5.74, 6) is 2.40. The van der Waals surface area contributed by atoms with Crippen LogP contribution in [0.1, 0.15) is 0 Å². The highest BCUT2D eigenvalue weighted by molar-refractivity contribution is 6.23. The Morgan fingerprint density at radius 2 is 0.862 bits per heavy atom. The number of fused-ring (bicyclic) bond motifs is 8. The summed E-state index contributed by atoms with van der Waals surface area (Å²) in [7, 11) is 0. The Balaban J connectivity index is 1.000. The van der Waals surface area contributed by atoms with Crippen molar-refractivity contribution in [1.82, 2.24) is 29.1 Å². The van der Waals surface area contributed by atoms with Gasteiger partial charge >= 0.3 is 0 Å². The van der Waals surface area contributed by atoms with E-state index in [9.17, 15) is 0 Å². The van der Waals surface area contributed by atoms with E-state index < -0.39 is 0 Å². The van der Waals surface area contributed by atoms with Gasteiger partial charge in [0.2, 0.25) is 11.8 Å². The molecule has 0 aliphatic carbocycles. The van der Waals surface area contributed by atoms with E-state index in [4.69, 9.17) is 24.4 Å². The number of hydrogen-bond acceptors (Lipinski definition) is 5. The number of aromatic nitrogens is 6. The van der Waals surface area contributed by atoms with Gasteiger partial charge in [0.1, 0.15) is 5.52 Å². The van der Waals surface area contributed by atoms with Crippen molar-refractivity contribution in [1.29, 1.82) is 0 Å². The van der Waals surface area contributed by atoms with Crippen LogP contribution in [0.15, 0.2) is 223 Å². The lowest BCUT2D eigenvalue weighted by molar-refractivity contribution is 0.621. The number of rotatable bonds is 7. The summed E-state index contributed by atoms with van der Waals surface area (Å²) in [6, 6.07) is 75.8. The van der Waals surface area contributed by atoms with Crippen molar-refractivity contribution in [2.45, 2.75) is 0 Å². The Labute approximate surface area is 373 Å². The zero-order valence-corrected chi connectivity index (χ0v) is 34.9. The highest BCUT2D eigenvalue weighted by Crippen LogP contribution is 2.42. The summed E-state index contributed by atoms with van der Waals surface area (Å²) < 4.78 is 11.0. The molecule has 4 aromatic heterocycles. The van der Waals surface area contributed by atoms with Crippen LogP contribution in [0.4, 0.5) is 0 Å². The summed E-state index contributed by atoms with van der Waals surface area (Å²) in [5, 5.41) is 4.54. The topological polar surface area (TPSA) is 74.6 Å². The minimum absolute atomic E-state index is 0.555. The highest BCUT2D eigenvalue weighted by Gasteiger charge is 2.24. The van der Waals surface area contributed by atoms with Crippen LogP contribution in [0, 0.1) is 0 Å². The molecule has 9 aromatic carbocycles. The summed E-state index contributed by atoms with van der Waals surface area (Å²) in [6.45, 7) is 0. The van der Waals surface area contributed by atoms with E-state index in [1.165, 1.54) is 5.39 Å². The van der Waals surface area contributed by atoms with Crippen molar-refractivity contribution in [2.24, 2.45) is 0 Å². The minimum Gasteiger partial charge on any atom is -0.435 e. The molecule has 7 nitrogen and oxygen atoms in total. The molecule has 0 unspecified atom stereocenters. The third-order valence-corrected chi connectivity index (χ3v) is 12.4. The molecule has 0 atom stereocenters. The van der Waals surface area contributed by atoms with E-state index in [1.807, 2.05) is 78.9 Å². The molecular formula is C58H36N6O. The number of hydrogen-bond donors (Lipinski definition) is 0. The van der Waals surface area contributed by atoms with E-state index in [0.717, 1.165) is 94.0 Å². The van der Waals surface area contributed by atoms with Crippen LogP contribution >= 0.6 is 0 Å². The lowest BCUT2D eigenvalue weighted by atomic mass is 9.99.